The predicted molar refractivity (Wildman–Crippen MR) is 138 cm³/mol. The zero-order valence-electron chi connectivity index (χ0n) is 18.9. The van der Waals surface area contributed by atoms with Crippen LogP contribution in [0.2, 0.25) is 0 Å². The van der Waals surface area contributed by atoms with E-state index in [1.165, 1.54) is 35.6 Å². The fraction of sp³-hybridized carbons (Fsp3) is 0.200. The van der Waals surface area contributed by atoms with Crippen molar-refractivity contribution in [2.45, 2.75) is 24.9 Å². The molecule has 0 radical (unpaired) electrons. The van der Waals surface area contributed by atoms with Crippen LogP contribution in [0.5, 0.6) is 0 Å². The minimum atomic E-state index is -0.257. The maximum absolute atomic E-state index is 13.1. The lowest BCUT2D eigenvalue weighted by atomic mass is 10.1. The fourth-order valence-corrected chi connectivity index (χ4v) is 4.75. The smallest absolute Gasteiger partial charge is 0.276 e. The van der Waals surface area contributed by atoms with E-state index in [2.05, 4.69) is 32.7 Å². The van der Waals surface area contributed by atoms with Gasteiger partial charge in [0, 0.05) is 30.1 Å². The number of carbonyl (C=O) groups excluding carboxylic acids is 2. The lowest BCUT2D eigenvalue weighted by molar-refractivity contribution is -0.118. The highest BCUT2D eigenvalue weighted by Gasteiger charge is 2.19. The highest BCUT2D eigenvalue weighted by Crippen LogP contribution is 2.27. The molecule has 174 valence electrons. The van der Waals surface area contributed by atoms with Crippen LogP contribution in [0.3, 0.4) is 0 Å². The number of carbonyl (C=O) groups is 2. The summed E-state index contributed by atoms with van der Waals surface area (Å²) in [6, 6.07) is 17.9. The number of aryl methyl sites for hydroxylation is 1. The molecule has 9 heteroatoms. The van der Waals surface area contributed by atoms with Gasteiger partial charge in [0.25, 0.3) is 5.91 Å². The Bertz CT molecular complexity index is 1270. The van der Waals surface area contributed by atoms with Gasteiger partial charge in [-0.2, -0.15) is 0 Å². The third-order valence-corrected chi connectivity index (χ3v) is 6.56. The molecule has 0 fully saturated rings. The molecule has 2 amide bonds. The van der Waals surface area contributed by atoms with E-state index in [0.717, 1.165) is 34.9 Å². The number of amides is 2. The topological polar surface area (TPSA) is 88.9 Å². The third-order valence-electron chi connectivity index (χ3n) is 5.15. The van der Waals surface area contributed by atoms with Gasteiger partial charge in [-0.15, -0.1) is 11.3 Å². The van der Waals surface area contributed by atoms with Crippen LogP contribution >= 0.6 is 23.1 Å². The average molecular weight is 492 g/mol. The van der Waals surface area contributed by atoms with Crippen LogP contribution in [0.15, 0.2) is 71.3 Å². The van der Waals surface area contributed by atoms with Gasteiger partial charge in [-0.25, -0.2) is 9.97 Å². The fourth-order valence-electron chi connectivity index (χ4n) is 3.49. The largest absolute Gasteiger partial charge is 0.356 e. The van der Waals surface area contributed by atoms with Crippen LogP contribution in [0.25, 0.3) is 16.9 Å². The zero-order valence-corrected chi connectivity index (χ0v) is 20.6. The minimum Gasteiger partial charge on any atom is -0.356 e. The Morgan fingerprint density at radius 2 is 1.85 bits per heavy atom. The quantitative estimate of drug-likeness (QED) is 0.253. The Hall–Kier alpha value is -3.43. The van der Waals surface area contributed by atoms with E-state index in [-0.39, 0.29) is 11.8 Å². The molecule has 34 heavy (non-hydrogen) atoms. The van der Waals surface area contributed by atoms with E-state index in [0.29, 0.717) is 17.4 Å². The molecule has 4 rings (SSSR count). The van der Waals surface area contributed by atoms with Crippen molar-refractivity contribution < 1.29 is 9.59 Å². The number of benzene rings is 2. The monoisotopic (exact) mass is 491 g/mol. The van der Waals surface area contributed by atoms with E-state index in [9.17, 15) is 9.59 Å². The first kappa shape index (κ1) is 23.7. The van der Waals surface area contributed by atoms with Crippen molar-refractivity contribution in [3.63, 3.8) is 0 Å². The molecule has 2 heterocycles. The molecule has 0 aliphatic rings. The van der Waals surface area contributed by atoms with Gasteiger partial charge in [-0.05, 0) is 36.8 Å². The molecule has 0 atom stereocenters. The molecule has 2 aromatic carbocycles. The van der Waals surface area contributed by atoms with E-state index in [4.69, 9.17) is 0 Å². The second kappa shape index (κ2) is 11.1. The van der Waals surface area contributed by atoms with Crippen LogP contribution in [-0.4, -0.2) is 39.1 Å². The van der Waals surface area contributed by atoms with Gasteiger partial charge >= 0.3 is 0 Å². The molecule has 0 unspecified atom stereocenters. The standard InChI is InChI=1S/C25H25N5O2S2/c1-17(31)26-14-6-7-18-10-12-19(13-11-18)21-16-34-24(28-21)29-23(32)22-15-27-25(33-2)30(22)20-8-4-3-5-9-20/h3-5,8-13,15-16H,6-7,14H2,1-2H3,(H,26,31)(H,28,29,32). The molecule has 7 nitrogen and oxygen atoms in total. The number of aromatic nitrogens is 3. The summed E-state index contributed by atoms with van der Waals surface area (Å²) < 4.78 is 1.85. The van der Waals surface area contributed by atoms with Crippen molar-refractivity contribution in [1.82, 2.24) is 19.9 Å². The van der Waals surface area contributed by atoms with Gasteiger partial charge in [0.1, 0.15) is 5.69 Å². The predicted octanol–water partition coefficient (Wildman–Crippen LogP) is 5.04. The van der Waals surface area contributed by atoms with E-state index < -0.39 is 0 Å². The molecule has 0 bridgehead atoms. The maximum Gasteiger partial charge on any atom is 0.276 e. The van der Waals surface area contributed by atoms with Crippen LogP contribution in [0.1, 0.15) is 29.4 Å². The number of hydrogen-bond donors (Lipinski definition) is 2. The van der Waals surface area contributed by atoms with Gasteiger partial charge in [0.15, 0.2) is 10.3 Å². The molecular weight excluding hydrogens is 466 g/mol. The van der Waals surface area contributed by atoms with E-state index in [1.807, 2.05) is 58.7 Å². The normalized spacial score (nSPS) is 10.8. The first-order valence-electron chi connectivity index (χ1n) is 10.8. The van der Waals surface area contributed by atoms with E-state index >= 15 is 0 Å². The maximum atomic E-state index is 13.1. The van der Waals surface area contributed by atoms with Crippen molar-refractivity contribution in [3.8, 4) is 16.9 Å². The average Bonchev–Trinajstić information content (AvgIpc) is 3.50. The lowest BCUT2D eigenvalue weighted by Gasteiger charge is -2.10. The van der Waals surface area contributed by atoms with Crippen LogP contribution in [0, 0.1) is 0 Å². The molecular formula is C25H25N5O2S2. The van der Waals surface area contributed by atoms with Crippen molar-refractivity contribution in [2.75, 3.05) is 18.1 Å². The summed E-state index contributed by atoms with van der Waals surface area (Å²) >= 11 is 2.87. The number of para-hydroxylation sites is 1. The molecule has 2 N–H and O–H groups in total. The Labute approximate surface area is 206 Å². The highest BCUT2D eigenvalue weighted by molar-refractivity contribution is 7.98. The summed E-state index contributed by atoms with van der Waals surface area (Å²) in [4.78, 5) is 33.0. The first-order valence-corrected chi connectivity index (χ1v) is 12.9. The molecule has 4 aromatic rings. The SMILES string of the molecule is CSc1ncc(C(=O)Nc2nc(-c3ccc(CCCNC(C)=O)cc3)cs2)n1-c1ccccc1. The lowest BCUT2D eigenvalue weighted by Crippen LogP contribution is -2.21. The molecule has 0 spiro atoms. The Balaban J connectivity index is 1.43. The van der Waals surface area contributed by atoms with Crippen molar-refractivity contribution >= 4 is 40.0 Å². The van der Waals surface area contributed by atoms with Gasteiger partial charge in [0.2, 0.25) is 5.91 Å². The summed E-state index contributed by atoms with van der Waals surface area (Å²) in [7, 11) is 0. The minimum absolute atomic E-state index is 0.00371. The molecule has 0 aliphatic carbocycles. The van der Waals surface area contributed by atoms with Crippen molar-refractivity contribution in [2.24, 2.45) is 0 Å². The summed E-state index contributed by atoms with van der Waals surface area (Å²) in [5, 5.41) is 8.94. The number of anilines is 1. The van der Waals surface area contributed by atoms with Gasteiger partial charge in [0.05, 0.1) is 11.9 Å². The van der Waals surface area contributed by atoms with Crippen LogP contribution < -0.4 is 10.6 Å². The number of nitrogens with one attached hydrogen (secondary N) is 2. The molecule has 2 aromatic heterocycles. The molecule has 0 saturated carbocycles. The van der Waals surface area contributed by atoms with Gasteiger partial charge < -0.3 is 5.32 Å². The number of thiazole rings is 1. The number of imidazole rings is 1. The zero-order chi connectivity index (χ0) is 23.9. The summed E-state index contributed by atoms with van der Waals surface area (Å²) in [6.45, 7) is 2.20. The Morgan fingerprint density at radius 3 is 2.56 bits per heavy atom. The van der Waals surface area contributed by atoms with Crippen LogP contribution in [0.4, 0.5) is 5.13 Å². The molecule has 0 saturated heterocycles. The van der Waals surface area contributed by atoms with Crippen molar-refractivity contribution in [1.29, 1.82) is 0 Å². The Morgan fingerprint density at radius 1 is 1.09 bits per heavy atom. The first-order chi connectivity index (χ1) is 16.5. The number of nitrogens with zero attached hydrogens (tertiary/aromatic N) is 3. The van der Waals surface area contributed by atoms with E-state index in [1.54, 1.807) is 6.20 Å². The van der Waals surface area contributed by atoms with Crippen molar-refractivity contribution in [3.05, 3.63) is 77.4 Å². The number of hydrogen-bond acceptors (Lipinski definition) is 6. The van der Waals surface area contributed by atoms with Crippen LogP contribution in [-0.2, 0) is 11.2 Å². The highest BCUT2D eigenvalue weighted by atomic mass is 32.2. The molecule has 0 aliphatic heterocycles. The summed E-state index contributed by atoms with van der Waals surface area (Å²) in [6.07, 6.45) is 5.31. The second-order valence-corrected chi connectivity index (χ2v) is 9.21. The summed E-state index contributed by atoms with van der Waals surface area (Å²) in [5.74, 6) is -0.261. The number of rotatable bonds is 9. The van der Waals surface area contributed by atoms with Gasteiger partial charge in [-0.1, -0.05) is 54.2 Å². The Kier molecular flexibility index (Phi) is 7.76. The summed E-state index contributed by atoms with van der Waals surface area (Å²) in [5.41, 5.74) is 4.34. The third kappa shape index (κ3) is 5.73. The van der Waals surface area contributed by atoms with Gasteiger partial charge in [-0.3, -0.25) is 19.5 Å². The number of thioether (sulfide) groups is 1. The second-order valence-electron chi connectivity index (χ2n) is 7.58.